The summed E-state index contributed by atoms with van der Waals surface area (Å²) in [5, 5.41) is 9.81. The third-order valence-corrected chi connectivity index (χ3v) is 4.66. The van der Waals surface area contributed by atoms with E-state index in [0.717, 1.165) is 0 Å². The monoisotopic (exact) mass is 342 g/mol. The van der Waals surface area contributed by atoms with Gasteiger partial charge in [-0.1, -0.05) is 0 Å². The summed E-state index contributed by atoms with van der Waals surface area (Å²) in [6.45, 7) is -0.0640. The zero-order valence-electron chi connectivity index (χ0n) is 13.6. The number of nitrogens with zero attached hydrogens (tertiary/aromatic N) is 5. The fourth-order valence-corrected chi connectivity index (χ4v) is 3.60. The Hall–Kier alpha value is -2.63. The number of imidazole rings is 1. The molecule has 1 fully saturated rings. The molecule has 0 spiro atoms. The average molecular weight is 342 g/mol. The second kappa shape index (κ2) is 5.44. The minimum absolute atomic E-state index is 0.0460. The number of likely N-dealkylation sites (tertiary alicyclic amines) is 1. The third kappa shape index (κ3) is 2.35. The highest BCUT2D eigenvalue weighted by atomic mass is 19.3. The molecule has 1 aliphatic heterocycles. The lowest BCUT2D eigenvalue weighted by Crippen LogP contribution is -2.31. The van der Waals surface area contributed by atoms with Crippen LogP contribution in [-0.4, -0.2) is 45.5 Å². The van der Waals surface area contributed by atoms with Gasteiger partial charge < -0.3 is 10.3 Å². The Kier molecular flexibility index (Phi) is 3.45. The van der Waals surface area contributed by atoms with E-state index >= 15 is 0 Å². The predicted molar refractivity (Wildman–Crippen MR) is 89.1 cm³/mol. The zero-order valence-corrected chi connectivity index (χ0v) is 13.6. The second-order valence-corrected chi connectivity index (χ2v) is 6.41. The SMILES string of the molecule is CN1CC(n2c(CN)nc3cnc4ccc(C#N)cc4c32)C(F)(F)C1. The fraction of sp³-hybridized carbons (Fsp3) is 0.353. The van der Waals surface area contributed by atoms with Gasteiger partial charge in [-0.3, -0.25) is 9.88 Å². The zero-order chi connectivity index (χ0) is 17.8. The molecule has 128 valence electrons. The van der Waals surface area contributed by atoms with E-state index in [1.807, 2.05) is 0 Å². The van der Waals surface area contributed by atoms with Gasteiger partial charge in [-0.05, 0) is 25.2 Å². The molecule has 0 radical (unpaired) electrons. The molecule has 25 heavy (non-hydrogen) atoms. The lowest BCUT2D eigenvalue weighted by molar-refractivity contribution is -0.0201. The maximum absolute atomic E-state index is 14.6. The van der Waals surface area contributed by atoms with Gasteiger partial charge in [0, 0.05) is 11.9 Å². The summed E-state index contributed by atoms with van der Waals surface area (Å²) in [6.07, 6.45) is 1.57. The Morgan fingerprint density at radius 2 is 2.20 bits per heavy atom. The van der Waals surface area contributed by atoms with Crippen LogP contribution in [0.1, 0.15) is 17.4 Å². The molecular formula is C17H16F2N6. The molecule has 2 N–H and O–H groups in total. The van der Waals surface area contributed by atoms with Crippen LogP contribution in [0, 0.1) is 11.3 Å². The minimum atomic E-state index is -2.89. The van der Waals surface area contributed by atoms with Crippen LogP contribution in [0.3, 0.4) is 0 Å². The number of rotatable bonds is 2. The molecule has 0 bridgehead atoms. The third-order valence-electron chi connectivity index (χ3n) is 4.66. The predicted octanol–water partition coefficient (Wildman–Crippen LogP) is 2.04. The van der Waals surface area contributed by atoms with Crippen molar-refractivity contribution in [1.82, 2.24) is 19.4 Å². The molecule has 1 atom stereocenters. The van der Waals surface area contributed by atoms with Crippen molar-refractivity contribution in [1.29, 1.82) is 5.26 Å². The molecule has 4 rings (SSSR count). The molecule has 1 unspecified atom stereocenters. The molecule has 1 saturated heterocycles. The Morgan fingerprint density at radius 1 is 1.40 bits per heavy atom. The summed E-state index contributed by atoms with van der Waals surface area (Å²) in [7, 11) is 1.67. The van der Waals surface area contributed by atoms with Gasteiger partial charge in [-0.15, -0.1) is 0 Å². The largest absolute Gasteiger partial charge is 0.324 e. The molecule has 2 aromatic heterocycles. The average Bonchev–Trinajstić information content (AvgIpc) is 3.09. The normalized spacial score (nSPS) is 20.4. The highest BCUT2D eigenvalue weighted by Gasteiger charge is 2.49. The van der Waals surface area contributed by atoms with Gasteiger partial charge in [0.2, 0.25) is 0 Å². The van der Waals surface area contributed by atoms with Gasteiger partial charge in [0.1, 0.15) is 17.4 Å². The highest BCUT2D eigenvalue weighted by Crippen LogP contribution is 2.40. The summed E-state index contributed by atoms with van der Waals surface area (Å²) in [5.74, 6) is -2.50. The molecular weight excluding hydrogens is 326 g/mol. The number of halogens is 2. The summed E-state index contributed by atoms with van der Waals surface area (Å²) in [5.41, 5.74) is 7.93. The van der Waals surface area contributed by atoms with Crippen molar-refractivity contribution < 1.29 is 8.78 Å². The first-order chi connectivity index (χ1) is 11.9. The van der Waals surface area contributed by atoms with E-state index in [-0.39, 0.29) is 19.6 Å². The molecule has 3 aromatic rings. The van der Waals surface area contributed by atoms with Gasteiger partial charge in [0.25, 0.3) is 5.92 Å². The lowest BCUT2D eigenvalue weighted by atomic mass is 10.1. The van der Waals surface area contributed by atoms with Crippen molar-refractivity contribution in [2.24, 2.45) is 5.73 Å². The summed E-state index contributed by atoms with van der Waals surface area (Å²) >= 11 is 0. The van der Waals surface area contributed by atoms with E-state index in [1.54, 1.807) is 40.9 Å². The van der Waals surface area contributed by atoms with E-state index in [9.17, 15) is 14.0 Å². The van der Waals surface area contributed by atoms with Crippen molar-refractivity contribution in [2.45, 2.75) is 18.5 Å². The van der Waals surface area contributed by atoms with Crippen molar-refractivity contribution in [3.63, 3.8) is 0 Å². The molecule has 0 amide bonds. The Labute approximate surface area is 142 Å². The Balaban J connectivity index is 2.08. The van der Waals surface area contributed by atoms with Crippen molar-refractivity contribution in [3.8, 4) is 6.07 Å². The highest BCUT2D eigenvalue weighted by molar-refractivity contribution is 6.02. The van der Waals surface area contributed by atoms with Crippen LogP contribution in [0.5, 0.6) is 0 Å². The van der Waals surface area contributed by atoms with Crippen LogP contribution in [0.4, 0.5) is 8.78 Å². The summed E-state index contributed by atoms with van der Waals surface area (Å²) < 4.78 is 30.8. The molecule has 1 aromatic carbocycles. The minimum Gasteiger partial charge on any atom is -0.324 e. The topological polar surface area (TPSA) is 83.8 Å². The maximum Gasteiger partial charge on any atom is 0.282 e. The number of hydrogen-bond donors (Lipinski definition) is 1. The summed E-state index contributed by atoms with van der Waals surface area (Å²) in [4.78, 5) is 10.3. The quantitative estimate of drug-likeness (QED) is 0.770. The van der Waals surface area contributed by atoms with Gasteiger partial charge >= 0.3 is 0 Å². The summed E-state index contributed by atoms with van der Waals surface area (Å²) in [6, 6.07) is 6.06. The first kappa shape index (κ1) is 15.9. The first-order valence-corrected chi connectivity index (χ1v) is 7.90. The fourth-order valence-electron chi connectivity index (χ4n) is 3.60. The molecule has 3 heterocycles. The molecule has 6 nitrogen and oxygen atoms in total. The van der Waals surface area contributed by atoms with E-state index in [1.165, 1.54) is 0 Å². The van der Waals surface area contributed by atoms with Gasteiger partial charge in [-0.25, -0.2) is 13.8 Å². The van der Waals surface area contributed by atoms with Crippen LogP contribution >= 0.6 is 0 Å². The van der Waals surface area contributed by atoms with E-state index in [4.69, 9.17) is 5.73 Å². The number of hydrogen-bond acceptors (Lipinski definition) is 5. The van der Waals surface area contributed by atoms with Crippen molar-refractivity contribution >= 4 is 21.9 Å². The number of nitrogens with two attached hydrogens (primary N) is 1. The number of fused-ring (bicyclic) bond motifs is 3. The number of likely N-dealkylation sites (N-methyl/N-ethyl adjacent to an activating group) is 1. The number of benzene rings is 1. The van der Waals surface area contributed by atoms with Crippen molar-refractivity contribution in [3.05, 3.63) is 35.8 Å². The Morgan fingerprint density at radius 3 is 2.84 bits per heavy atom. The second-order valence-electron chi connectivity index (χ2n) is 6.41. The lowest BCUT2D eigenvalue weighted by Gasteiger charge is -2.22. The maximum atomic E-state index is 14.6. The van der Waals surface area contributed by atoms with Crippen LogP contribution in [0.15, 0.2) is 24.4 Å². The first-order valence-electron chi connectivity index (χ1n) is 7.90. The van der Waals surface area contributed by atoms with Gasteiger partial charge in [0.15, 0.2) is 0 Å². The van der Waals surface area contributed by atoms with Crippen molar-refractivity contribution in [2.75, 3.05) is 20.1 Å². The van der Waals surface area contributed by atoms with E-state index in [2.05, 4.69) is 16.0 Å². The van der Waals surface area contributed by atoms with Gasteiger partial charge in [-0.2, -0.15) is 5.26 Å². The Bertz CT molecular complexity index is 1020. The molecule has 1 aliphatic rings. The van der Waals surface area contributed by atoms with E-state index < -0.39 is 12.0 Å². The van der Waals surface area contributed by atoms with Crippen LogP contribution in [-0.2, 0) is 6.54 Å². The molecule has 0 saturated carbocycles. The number of nitriles is 1. The number of aromatic nitrogens is 3. The number of pyridine rings is 1. The van der Waals surface area contributed by atoms with Crippen LogP contribution in [0.2, 0.25) is 0 Å². The smallest absolute Gasteiger partial charge is 0.282 e. The van der Waals surface area contributed by atoms with E-state index in [0.29, 0.717) is 33.3 Å². The molecule has 0 aliphatic carbocycles. The van der Waals surface area contributed by atoms with Crippen LogP contribution < -0.4 is 5.73 Å². The molecule has 8 heteroatoms. The number of alkyl halides is 2. The van der Waals surface area contributed by atoms with Crippen LogP contribution in [0.25, 0.3) is 21.9 Å². The van der Waals surface area contributed by atoms with Gasteiger partial charge in [0.05, 0.1) is 42.0 Å². The standard InChI is InChI=1S/C17H16F2N6/c1-24-8-14(17(18,19)9-24)25-15(6-21)23-13-7-22-12-3-2-10(5-20)4-11(12)16(13)25/h2-4,7,14H,6,8-9,21H2,1H3.